The largest absolute Gasteiger partial charge is 0.457 e. The van der Waals surface area contributed by atoms with Gasteiger partial charge in [0.05, 0.1) is 5.52 Å². The summed E-state index contributed by atoms with van der Waals surface area (Å²) >= 11 is 0. The molecule has 0 N–H and O–H groups in total. The lowest BCUT2D eigenvalue weighted by Crippen LogP contribution is -2.22. The third-order valence-corrected chi connectivity index (χ3v) is 3.85. The number of carbonyl (C=O) groups excluding carboxylic acids is 1. The van der Waals surface area contributed by atoms with E-state index in [0.717, 1.165) is 25.0 Å². The molecule has 2 aromatic rings. The fourth-order valence-corrected chi connectivity index (χ4v) is 2.63. The average Bonchev–Trinajstić information content (AvgIpc) is 3.31. The van der Waals surface area contributed by atoms with Crippen LogP contribution in [0.2, 0.25) is 0 Å². The van der Waals surface area contributed by atoms with Crippen molar-refractivity contribution < 1.29 is 18.3 Å². The number of nitrogens with zero attached hydrogens (tertiary/aromatic N) is 1. The number of hydrogen-bond donors (Lipinski definition) is 0. The number of esters is 1. The Bertz CT molecular complexity index is 934. The van der Waals surface area contributed by atoms with Crippen molar-refractivity contribution in [2.24, 2.45) is 0 Å². The summed E-state index contributed by atoms with van der Waals surface area (Å²) in [5, 5.41) is 0.0946. The maximum atomic E-state index is 13.6. The second kappa shape index (κ2) is 6.10. The number of pyridine rings is 1. The molecule has 0 unspecified atom stereocenters. The number of rotatable bonds is 3. The Morgan fingerprint density at radius 2 is 1.88 bits per heavy atom. The molecule has 1 aliphatic carbocycles. The van der Waals surface area contributed by atoms with Crippen molar-refractivity contribution in [2.45, 2.75) is 45.3 Å². The van der Waals surface area contributed by atoms with Crippen LogP contribution in [0.3, 0.4) is 0 Å². The summed E-state index contributed by atoms with van der Waals surface area (Å²) in [4.78, 5) is 24.4. The van der Waals surface area contributed by atoms with Gasteiger partial charge in [0, 0.05) is 35.3 Å². The number of ether oxygens (including phenoxy) is 1. The summed E-state index contributed by atoms with van der Waals surface area (Å²) in [6.45, 7) is 5.23. The van der Waals surface area contributed by atoms with Crippen LogP contribution in [0, 0.1) is 11.6 Å². The molecule has 0 bridgehead atoms. The number of benzene rings is 1. The molecule has 4 nitrogen and oxygen atoms in total. The first-order chi connectivity index (χ1) is 11.7. The average molecular weight is 347 g/mol. The third kappa shape index (κ3) is 3.78. The second-order valence-electron chi connectivity index (χ2n) is 7.20. The zero-order chi connectivity index (χ0) is 18.4. The van der Waals surface area contributed by atoms with E-state index in [-0.39, 0.29) is 17.0 Å². The van der Waals surface area contributed by atoms with Crippen molar-refractivity contribution in [3.8, 4) is 0 Å². The molecule has 6 heteroatoms. The summed E-state index contributed by atoms with van der Waals surface area (Å²) in [5.41, 5.74) is -0.498. The standard InChI is InChI=1S/C19H19F2NO3/c1-19(2,3)25-17(23)7-4-11-10-22(12-5-6-12)16-9-15(21)14(20)8-13(16)18(11)24/h4,7-10,12H,5-6H2,1-3H3. The van der Waals surface area contributed by atoms with E-state index in [1.807, 2.05) is 0 Å². The minimum atomic E-state index is -1.07. The highest BCUT2D eigenvalue weighted by Crippen LogP contribution is 2.37. The molecule has 0 spiro atoms. The van der Waals surface area contributed by atoms with Crippen LogP contribution in [-0.4, -0.2) is 16.1 Å². The summed E-state index contributed by atoms with van der Waals surface area (Å²) in [5.74, 6) is -2.63. The van der Waals surface area contributed by atoms with Gasteiger partial charge in [0.15, 0.2) is 17.1 Å². The molecular formula is C19H19F2NO3. The fraction of sp³-hybridized carbons (Fsp3) is 0.368. The number of hydrogen-bond acceptors (Lipinski definition) is 3. The first-order valence-corrected chi connectivity index (χ1v) is 8.11. The Kier molecular flexibility index (Phi) is 4.22. The van der Waals surface area contributed by atoms with Gasteiger partial charge < -0.3 is 9.30 Å². The van der Waals surface area contributed by atoms with Gasteiger partial charge in [0.1, 0.15) is 5.60 Å². The summed E-state index contributed by atoms with van der Waals surface area (Å²) < 4.78 is 34.1. The van der Waals surface area contributed by atoms with E-state index in [4.69, 9.17) is 4.74 Å². The molecule has 1 aliphatic rings. The van der Waals surface area contributed by atoms with E-state index in [2.05, 4.69) is 0 Å². The monoisotopic (exact) mass is 347 g/mol. The van der Waals surface area contributed by atoms with Crippen LogP contribution >= 0.6 is 0 Å². The molecule has 25 heavy (non-hydrogen) atoms. The molecule has 0 atom stereocenters. The van der Waals surface area contributed by atoms with Crippen LogP contribution < -0.4 is 5.43 Å². The molecule has 1 heterocycles. The van der Waals surface area contributed by atoms with Crippen molar-refractivity contribution in [1.29, 1.82) is 0 Å². The molecule has 1 saturated carbocycles. The molecule has 132 valence electrons. The van der Waals surface area contributed by atoms with Crippen LogP contribution in [0.4, 0.5) is 8.78 Å². The van der Waals surface area contributed by atoms with Crippen LogP contribution in [0.5, 0.6) is 0 Å². The van der Waals surface area contributed by atoms with Crippen LogP contribution in [0.15, 0.2) is 29.2 Å². The summed E-state index contributed by atoms with van der Waals surface area (Å²) in [6.07, 6.45) is 5.93. The highest BCUT2D eigenvalue weighted by Gasteiger charge is 2.26. The zero-order valence-electron chi connectivity index (χ0n) is 14.3. The minimum absolute atomic E-state index is 0.0946. The molecule has 1 fully saturated rings. The van der Waals surface area contributed by atoms with E-state index < -0.39 is 28.6 Å². The van der Waals surface area contributed by atoms with Gasteiger partial charge >= 0.3 is 5.97 Å². The Hall–Kier alpha value is -2.50. The van der Waals surface area contributed by atoms with Gasteiger partial charge in [-0.25, -0.2) is 13.6 Å². The predicted octanol–water partition coefficient (Wildman–Crippen LogP) is 3.97. The van der Waals surface area contributed by atoms with Crippen molar-refractivity contribution in [3.63, 3.8) is 0 Å². The van der Waals surface area contributed by atoms with Crippen molar-refractivity contribution >= 4 is 22.9 Å². The Balaban J connectivity index is 2.07. The molecule has 1 aromatic carbocycles. The van der Waals surface area contributed by atoms with Gasteiger partial charge in [-0.3, -0.25) is 4.79 Å². The van der Waals surface area contributed by atoms with E-state index in [1.54, 1.807) is 31.5 Å². The number of fused-ring (bicyclic) bond motifs is 1. The SMILES string of the molecule is CC(C)(C)OC(=O)C=Cc1cn(C2CC2)c2cc(F)c(F)cc2c1=O. The van der Waals surface area contributed by atoms with Crippen molar-refractivity contribution in [2.75, 3.05) is 0 Å². The van der Waals surface area contributed by atoms with Crippen molar-refractivity contribution in [1.82, 2.24) is 4.57 Å². The number of carbonyl (C=O) groups is 1. The van der Waals surface area contributed by atoms with Gasteiger partial charge in [-0.2, -0.15) is 0 Å². The van der Waals surface area contributed by atoms with Gasteiger partial charge in [-0.05, 0) is 45.8 Å². The predicted molar refractivity (Wildman–Crippen MR) is 91.3 cm³/mol. The summed E-state index contributed by atoms with van der Waals surface area (Å²) in [7, 11) is 0. The quantitative estimate of drug-likeness (QED) is 0.623. The first kappa shape index (κ1) is 17.3. The van der Waals surface area contributed by atoms with E-state index in [0.29, 0.717) is 5.52 Å². The number of halogens is 2. The summed E-state index contributed by atoms with van der Waals surface area (Å²) in [6, 6.07) is 2.12. The molecule has 0 radical (unpaired) electrons. The van der Waals surface area contributed by atoms with E-state index >= 15 is 0 Å². The van der Waals surface area contributed by atoms with Gasteiger partial charge in [-0.15, -0.1) is 0 Å². The molecule has 3 rings (SSSR count). The minimum Gasteiger partial charge on any atom is -0.457 e. The highest BCUT2D eigenvalue weighted by molar-refractivity contribution is 5.89. The normalized spacial score (nSPS) is 15.1. The van der Waals surface area contributed by atoms with Crippen LogP contribution in [0.25, 0.3) is 17.0 Å². The third-order valence-electron chi connectivity index (χ3n) is 3.85. The van der Waals surface area contributed by atoms with Crippen molar-refractivity contribution in [3.05, 3.63) is 51.8 Å². The lowest BCUT2D eigenvalue weighted by molar-refractivity contribution is -0.148. The topological polar surface area (TPSA) is 48.3 Å². The first-order valence-electron chi connectivity index (χ1n) is 8.11. The molecule has 0 saturated heterocycles. The van der Waals surface area contributed by atoms with E-state index in [9.17, 15) is 18.4 Å². The fourth-order valence-electron chi connectivity index (χ4n) is 2.63. The highest BCUT2D eigenvalue weighted by atomic mass is 19.2. The maximum Gasteiger partial charge on any atom is 0.331 e. The second-order valence-corrected chi connectivity index (χ2v) is 7.20. The van der Waals surface area contributed by atoms with Gasteiger partial charge in [0.2, 0.25) is 0 Å². The zero-order valence-corrected chi connectivity index (χ0v) is 14.3. The Morgan fingerprint density at radius 1 is 1.24 bits per heavy atom. The van der Waals surface area contributed by atoms with Gasteiger partial charge in [0.25, 0.3) is 0 Å². The number of aromatic nitrogens is 1. The van der Waals surface area contributed by atoms with E-state index in [1.165, 1.54) is 12.2 Å². The Labute approximate surface area is 143 Å². The van der Waals surface area contributed by atoms with Crippen LogP contribution in [0.1, 0.15) is 45.2 Å². The maximum absolute atomic E-state index is 13.6. The molecule has 1 aromatic heterocycles. The molecule has 0 aliphatic heterocycles. The van der Waals surface area contributed by atoms with Crippen LogP contribution in [-0.2, 0) is 9.53 Å². The Morgan fingerprint density at radius 3 is 2.48 bits per heavy atom. The molecule has 0 amide bonds. The smallest absolute Gasteiger partial charge is 0.331 e. The lowest BCUT2D eigenvalue weighted by Gasteiger charge is -2.18. The lowest BCUT2D eigenvalue weighted by atomic mass is 10.1. The molecular weight excluding hydrogens is 328 g/mol. The van der Waals surface area contributed by atoms with Gasteiger partial charge in [-0.1, -0.05) is 0 Å².